The number of fused-ring (bicyclic) bond motifs is 10. The molecule has 1 saturated carbocycles. The van der Waals surface area contributed by atoms with Gasteiger partial charge in [0, 0.05) is 34.4 Å². The molecular weight excluding hydrogens is 364 g/mol. The highest BCUT2D eigenvalue weighted by atomic mass is 15.2. The van der Waals surface area contributed by atoms with Crippen molar-refractivity contribution in [3.05, 3.63) is 107 Å². The van der Waals surface area contributed by atoms with E-state index in [1.54, 1.807) is 0 Å². The summed E-state index contributed by atoms with van der Waals surface area (Å²) in [5.74, 6) is 0. The summed E-state index contributed by atoms with van der Waals surface area (Å²) in [7, 11) is 0. The number of aryl methyl sites for hydroxylation is 2. The minimum Gasteiger partial charge on any atom is -0.188 e. The third-order valence-corrected chi connectivity index (χ3v) is 7.85. The Labute approximate surface area is 177 Å². The molecule has 0 amide bonds. The number of hydrogen-bond donors (Lipinski definition) is 0. The van der Waals surface area contributed by atoms with Crippen LogP contribution in [0.5, 0.6) is 0 Å². The maximum absolute atomic E-state index is 2.58. The van der Waals surface area contributed by atoms with Gasteiger partial charge in [0.15, 0.2) is 12.4 Å². The lowest BCUT2D eigenvalue weighted by atomic mass is 9.57. The van der Waals surface area contributed by atoms with Crippen LogP contribution in [0.2, 0.25) is 0 Å². The molecule has 4 aromatic rings. The molecule has 144 valence electrons. The summed E-state index contributed by atoms with van der Waals surface area (Å²) < 4.78 is 5.16. The topological polar surface area (TPSA) is 7.76 Å². The van der Waals surface area contributed by atoms with Gasteiger partial charge in [-0.05, 0) is 38.1 Å². The molecule has 1 fully saturated rings. The molecular formula is C28H24N2+2. The van der Waals surface area contributed by atoms with Gasteiger partial charge < -0.3 is 0 Å². The lowest BCUT2D eigenvalue weighted by Gasteiger charge is -2.45. The molecule has 3 aliphatic rings. The first-order chi connectivity index (χ1) is 14.7. The van der Waals surface area contributed by atoms with Gasteiger partial charge in [-0.1, -0.05) is 36.4 Å². The van der Waals surface area contributed by atoms with E-state index in [9.17, 15) is 0 Å². The van der Waals surface area contributed by atoms with Crippen LogP contribution in [0.1, 0.15) is 35.1 Å². The summed E-state index contributed by atoms with van der Waals surface area (Å²) in [6, 6.07) is 27.0. The molecule has 0 unspecified atom stereocenters. The van der Waals surface area contributed by atoms with Crippen LogP contribution in [0, 0.1) is 13.8 Å². The van der Waals surface area contributed by atoms with Crippen LogP contribution in [0.3, 0.4) is 0 Å². The van der Waals surface area contributed by atoms with E-state index in [-0.39, 0.29) is 11.1 Å². The van der Waals surface area contributed by atoms with Gasteiger partial charge >= 0.3 is 0 Å². The number of pyridine rings is 2. The summed E-state index contributed by atoms with van der Waals surface area (Å²) in [4.78, 5) is 0. The molecule has 0 N–H and O–H groups in total. The highest BCUT2D eigenvalue weighted by molar-refractivity contribution is 5.72. The molecule has 0 radical (unpaired) electrons. The van der Waals surface area contributed by atoms with E-state index in [4.69, 9.17) is 0 Å². The molecule has 2 aliphatic heterocycles. The number of rotatable bonds is 0. The van der Waals surface area contributed by atoms with Crippen LogP contribution in [-0.4, -0.2) is 0 Å². The van der Waals surface area contributed by atoms with Crippen LogP contribution < -0.4 is 9.13 Å². The zero-order valence-electron chi connectivity index (χ0n) is 17.4. The summed E-state index contributed by atoms with van der Waals surface area (Å²) in [5.41, 5.74) is 11.4. The van der Waals surface area contributed by atoms with Gasteiger partial charge in [-0.2, -0.15) is 9.13 Å². The lowest BCUT2D eigenvalue weighted by molar-refractivity contribution is -0.824. The fourth-order valence-electron chi connectivity index (χ4n) is 6.72. The van der Waals surface area contributed by atoms with Gasteiger partial charge in [-0.25, -0.2) is 0 Å². The van der Waals surface area contributed by atoms with Crippen LogP contribution in [0.4, 0.5) is 0 Å². The minimum absolute atomic E-state index is 0.0312. The Hall–Kier alpha value is -3.26. The molecule has 1 aliphatic carbocycles. The van der Waals surface area contributed by atoms with Crippen molar-refractivity contribution in [2.75, 3.05) is 0 Å². The highest BCUT2D eigenvalue weighted by Crippen LogP contribution is 2.61. The van der Waals surface area contributed by atoms with Gasteiger partial charge in [0.1, 0.15) is 0 Å². The Morgan fingerprint density at radius 3 is 1.47 bits per heavy atom. The molecule has 4 heterocycles. The highest BCUT2D eigenvalue weighted by Gasteiger charge is 2.74. The van der Waals surface area contributed by atoms with Crippen molar-refractivity contribution in [1.29, 1.82) is 0 Å². The standard InChI is InChI=1S/C28H24N2/c1-19-9-7-15-29-25(19)21-11-3-5-13-23(21)27(29)17-28(18-27)24-14-6-4-12-22(24)26-20(2)10-8-16-30(26)28/h3-16H,17-18H2,1-2H3/q+2. The quantitative estimate of drug-likeness (QED) is 0.382. The van der Waals surface area contributed by atoms with Crippen LogP contribution in [0.25, 0.3) is 22.5 Å². The average Bonchev–Trinajstić information content (AvgIpc) is 3.20. The zero-order chi connectivity index (χ0) is 20.1. The molecule has 30 heavy (non-hydrogen) atoms. The van der Waals surface area contributed by atoms with E-state index < -0.39 is 0 Å². The van der Waals surface area contributed by atoms with Gasteiger partial charge in [0.2, 0.25) is 22.5 Å². The molecule has 2 aromatic heterocycles. The predicted molar refractivity (Wildman–Crippen MR) is 117 cm³/mol. The molecule has 2 spiro atoms. The van der Waals surface area contributed by atoms with E-state index >= 15 is 0 Å². The van der Waals surface area contributed by atoms with Gasteiger partial charge in [0.25, 0.3) is 0 Å². The predicted octanol–water partition coefficient (Wildman–Crippen LogP) is 4.82. The van der Waals surface area contributed by atoms with E-state index in [0.29, 0.717) is 0 Å². The Morgan fingerprint density at radius 2 is 1.00 bits per heavy atom. The number of aromatic nitrogens is 2. The lowest BCUT2D eigenvalue weighted by Crippen LogP contribution is -2.75. The zero-order valence-corrected chi connectivity index (χ0v) is 17.4. The maximum Gasteiger partial charge on any atom is 0.216 e. The Kier molecular flexibility index (Phi) is 2.90. The van der Waals surface area contributed by atoms with E-state index in [1.807, 2.05) is 0 Å². The maximum atomic E-state index is 2.58. The first-order valence-corrected chi connectivity index (χ1v) is 10.9. The molecule has 0 bridgehead atoms. The normalized spacial score (nSPS) is 24.3. The number of hydrogen-bond acceptors (Lipinski definition) is 0. The Balaban J connectivity index is 1.49. The van der Waals surface area contributed by atoms with Gasteiger partial charge in [-0.15, -0.1) is 0 Å². The minimum atomic E-state index is 0.0312. The summed E-state index contributed by atoms with van der Waals surface area (Å²) in [6.07, 6.45) is 6.79. The van der Waals surface area contributed by atoms with Crippen molar-refractivity contribution in [3.63, 3.8) is 0 Å². The number of nitrogens with zero attached hydrogens (tertiary/aromatic N) is 2. The van der Waals surface area contributed by atoms with Crippen molar-refractivity contribution in [1.82, 2.24) is 0 Å². The molecule has 0 atom stereocenters. The monoisotopic (exact) mass is 388 g/mol. The van der Waals surface area contributed by atoms with Crippen molar-refractivity contribution in [2.45, 2.75) is 37.8 Å². The van der Waals surface area contributed by atoms with E-state index in [2.05, 4.69) is 108 Å². The number of benzene rings is 2. The molecule has 2 aromatic carbocycles. The van der Waals surface area contributed by atoms with Crippen molar-refractivity contribution >= 4 is 0 Å². The summed E-state index contributed by atoms with van der Waals surface area (Å²) >= 11 is 0. The first kappa shape index (κ1) is 16.5. The first-order valence-electron chi connectivity index (χ1n) is 10.9. The van der Waals surface area contributed by atoms with Crippen LogP contribution in [-0.2, 0) is 11.1 Å². The van der Waals surface area contributed by atoms with Crippen LogP contribution >= 0.6 is 0 Å². The van der Waals surface area contributed by atoms with Crippen LogP contribution in [0.15, 0.2) is 85.2 Å². The second kappa shape index (κ2) is 5.26. The van der Waals surface area contributed by atoms with Gasteiger partial charge in [-0.3, -0.25) is 0 Å². The fourth-order valence-corrected chi connectivity index (χ4v) is 6.72. The fraction of sp³-hybridized carbons (Fsp3) is 0.214. The summed E-state index contributed by atoms with van der Waals surface area (Å²) in [6.45, 7) is 4.49. The second-order valence-corrected chi connectivity index (χ2v) is 9.33. The smallest absolute Gasteiger partial charge is 0.188 e. The molecule has 2 nitrogen and oxygen atoms in total. The Morgan fingerprint density at radius 1 is 0.567 bits per heavy atom. The largest absolute Gasteiger partial charge is 0.216 e. The molecule has 2 heteroatoms. The van der Waals surface area contributed by atoms with E-state index in [0.717, 1.165) is 12.8 Å². The SMILES string of the molecule is Cc1ccc[n+]2c1-c1ccccc1C21CC2(C1)c1ccccc1-c1c(C)ccc[n+]12. The third-order valence-electron chi connectivity index (χ3n) is 7.85. The second-order valence-electron chi connectivity index (χ2n) is 9.33. The van der Waals surface area contributed by atoms with Gasteiger partial charge in [0.05, 0.1) is 24.0 Å². The molecule has 7 rings (SSSR count). The summed E-state index contributed by atoms with van der Waals surface area (Å²) in [5, 5.41) is 0. The van der Waals surface area contributed by atoms with Crippen molar-refractivity contribution in [3.8, 4) is 22.5 Å². The van der Waals surface area contributed by atoms with Crippen molar-refractivity contribution in [2.24, 2.45) is 0 Å². The Bertz CT molecular complexity index is 1270. The van der Waals surface area contributed by atoms with E-state index in [1.165, 1.54) is 44.8 Å². The van der Waals surface area contributed by atoms with Crippen molar-refractivity contribution < 1.29 is 9.13 Å². The molecule has 0 saturated heterocycles. The average molecular weight is 389 g/mol. The third kappa shape index (κ3) is 1.69.